The number of carbonyl (C=O) groups is 3. The lowest BCUT2D eigenvalue weighted by atomic mass is 9.59. The van der Waals surface area contributed by atoms with Gasteiger partial charge in [0.2, 0.25) is 0 Å². The third kappa shape index (κ3) is 4.37. The number of hydrogen-bond acceptors (Lipinski definition) is 7. The highest BCUT2D eigenvalue weighted by molar-refractivity contribution is 5.96. The average Bonchev–Trinajstić information content (AvgIpc) is 3.38. The van der Waals surface area contributed by atoms with Crippen LogP contribution in [-0.2, 0) is 23.9 Å². The molecule has 8 atom stereocenters. The van der Waals surface area contributed by atoms with Gasteiger partial charge in [0.05, 0.1) is 5.41 Å². The van der Waals surface area contributed by atoms with Gasteiger partial charge in [0.1, 0.15) is 12.7 Å². The van der Waals surface area contributed by atoms with Gasteiger partial charge >= 0.3 is 11.9 Å². The van der Waals surface area contributed by atoms with E-state index in [1.54, 1.807) is 26.0 Å². The summed E-state index contributed by atoms with van der Waals surface area (Å²) < 4.78 is 11.0. The van der Waals surface area contributed by atoms with Gasteiger partial charge in [0, 0.05) is 24.3 Å². The van der Waals surface area contributed by atoms with Crippen molar-refractivity contribution in [2.24, 2.45) is 34.5 Å². The number of aliphatic hydroxyl groups excluding tert-OH is 1. The van der Waals surface area contributed by atoms with Crippen molar-refractivity contribution in [3.8, 4) is 47.4 Å². The lowest BCUT2D eigenvalue weighted by molar-refractivity contribution is -0.201. The van der Waals surface area contributed by atoms with Gasteiger partial charge in [-0.25, -0.2) is 4.79 Å². The molecule has 0 amide bonds. The molecular weight excluding hydrogens is 496 g/mol. The molecule has 2 fully saturated rings. The van der Waals surface area contributed by atoms with Gasteiger partial charge in [-0.2, -0.15) is 0 Å². The molecule has 202 valence electrons. The van der Waals surface area contributed by atoms with Crippen molar-refractivity contribution in [2.75, 3.05) is 6.61 Å². The Labute approximate surface area is 229 Å². The predicted octanol–water partition coefficient (Wildman–Crippen LogP) is 1.97. The zero-order valence-electron chi connectivity index (χ0n) is 23.0. The molecule has 0 radical (unpaired) electrons. The number of ketones is 1. The molecule has 0 heterocycles. The molecule has 0 saturated heterocycles. The van der Waals surface area contributed by atoms with E-state index in [0.29, 0.717) is 12.0 Å². The van der Waals surface area contributed by atoms with Crippen molar-refractivity contribution in [1.82, 2.24) is 0 Å². The standard InChI is InChI=1S/C32H32O7/c1-7-8-9-10-11-12-13-14-25(34)39-29-22(18-38-21(4)33)16-23-26-24(30(26,5)6)15-20(3)31(28(23)36)17-19(2)27(35)32(29,31)37/h16-17,20,23-24,26-27,29,35,37H,15,18H2,1-6H3. The minimum Gasteiger partial charge on any atom is -0.461 e. The Morgan fingerprint density at radius 2 is 1.77 bits per heavy atom. The van der Waals surface area contributed by atoms with Crippen molar-refractivity contribution in [3.05, 3.63) is 23.3 Å². The van der Waals surface area contributed by atoms with Gasteiger partial charge < -0.3 is 19.7 Å². The van der Waals surface area contributed by atoms with Gasteiger partial charge in [0.25, 0.3) is 0 Å². The summed E-state index contributed by atoms with van der Waals surface area (Å²) in [6.45, 7) is 10.3. The molecule has 7 nitrogen and oxygen atoms in total. The van der Waals surface area contributed by atoms with Crippen LogP contribution in [0, 0.1) is 81.9 Å². The monoisotopic (exact) mass is 528 g/mol. The largest absolute Gasteiger partial charge is 0.461 e. The number of ether oxygens (including phenoxy) is 2. The van der Waals surface area contributed by atoms with Crippen molar-refractivity contribution < 1.29 is 34.1 Å². The molecule has 0 aromatic heterocycles. The molecule has 39 heavy (non-hydrogen) atoms. The number of carbonyl (C=O) groups excluding carboxylic acids is 3. The molecule has 4 aliphatic carbocycles. The van der Waals surface area contributed by atoms with E-state index in [0.717, 1.165) is 0 Å². The van der Waals surface area contributed by atoms with Crippen LogP contribution in [0.2, 0.25) is 0 Å². The summed E-state index contributed by atoms with van der Waals surface area (Å²) in [6.07, 6.45) is 0.981. The Kier molecular flexibility index (Phi) is 7.31. The van der Waals surface area contributed by atoms with Crippen molar-refractivity contribution in [1.29, 1.82) is 0 Å². The normalized spacial score (nSPS) is 36.4. The molecule has 0 aliphatic heterocycles. The fraction of sp³-hybridized carbons (Fsp3) is 0.531. The number of aliphatic hydroxyl groups is 2. The van der Waals surface area contributed by atoms with Crippen LogP contribution in [-0.4, -0.2) is 52.4 Å². The highest BCUT2D eigenvalue weighted by Gasteiger charge is 2.76. The van der Waals surface area contributed by atoms with Crippen molar-refractivity contribution in [3.63, 3.8) is 0 Å². The summed E-state index contributed by atoms with van der Waals surface area (Å²) in [7, 11) is 0. The fourth-order valence-corrected chi connectivity index (χ4v) is 7.15. The molecule has 2 N–H and O–H groups in total. The second-order valence-corrected chi connectivity index (χ2v) is 11.4. The number of allylic oxidation sites excluding steroid dienone is 1. The first-order valence-electron chi connectivity index (χ1n) is 12.9. The van der Waals surface area contributed by atoms with Crippen molar-refractivity contribution >= 4 is 17.7 Å². The lowest BCUT2D eigenvalue weighted by Gasteiger charge is -2.48. The Balaban J connectivity index is 1.83. The minimum absolute atomic E-state index is 0.00197. The van der Waals surface area contributed by atoms with E-state index in [2.05, 4.69) is 61.2 Å². The Morgan fingerprint density at radius 1 is 1.13 bits per heavy atom. The van der Waals surface area contributed by atoms with E-state index >= 15 is 0 Å². The van der Waals surface area contributed by atoms with Crippen LogP contribution in [0.3, 0.4) is 0 Å². The second-order valence-electron chi connectivity index (χ2n) is 11.4. The number of esters is 2. The first-order chi connectivity index (χ1) is 18.3. The summed E-state index contributed by atoms with van der Waals surface area (Å²) in [6, 6.07) is 0. The smallest absolute Gasteiger partial charge is 0.386 e. The second kappa shape index (κ2) is 10.1. The number of hydrogen-bond donors (Lipinski definition) is 2. The van der Waals surface area contributed by atoms with Gasteiger partial charge in [-0.3, -0.25) is 9.59 Å². The van der Waals surface area contributed by atoms with Crippen LogP contribution in [0.5, 0.6) is 0 Å². The van der Waals surface area contributed by atoms with Crippen LogP contribution >= 0.6 is 0 Å². The quantitative estimate of drug-likeness (QED) is 0.249. The van der Waals surface area contributed by atoms with E-state index in [-0.39, 0.29) is 41.1 Å². The van der Waals surface area contributed by atoms with Crippen LogP contribution < -0.4 is 0 Å². The number of fused-ring (bicyclic) bond motifs is 3. The molecule has 8 unspecified atom stereocenters. The molecule has 1 spiro atoms. The summed E-state index contributed by atoms with van der Waals surface area (Å²) in [5, 5.41) is 23.9. The molecule has 2 bridgehead atoms. The topological polar surface area (TPSA) is 110 Å². The van der Waals surface area contributed by atoms with Crippen LogP contribution in [0.1, 0.15) is 48.0 Å². The molecule has 0 aromatic rings. The summed E-state index contributed by atoms with van der Waals surface area (Å²) in [5.74, 6) is 17.0. The number of Topliss-reactive ketones (excluding diaryl/α,β-unsaturated/α-hetero) is 1. The fourth-order valence-electron chi connectivity index (χ4n) is 7.15. The predicted molar refractivity (Wildman–Crippen MR) is 142 cm³/mol. The van der Waals surface area contributed by atoms with E-state index in [1.807, 2.05) is 6.92 Å². The van der Waals surface area contributed by atoms with E-state index < -0.39 is 41.1 Å². The Bertz CT molecular complexity index is 1430. The maximum atomic E-state index is 14.4. The Hall–Kier alpha value is -3.75. The SMILES string of the molecule is CC#CC#CC#CC#CC(=O)OC1C(COC(C)=O)=CC2C(=O)C3(C=C(C)C(O)C13O)C(C)CC1C2C1(C)C. The van der Waals surface area contributed by atoms with Crippen LogP contribution in [0.4, 0.5) is 0 Å². The Morgan fingerprint density at radius 3 is 2.41 bits per heavy atom. The summed E-state index contributed by atoms with van der Waals surface area (Å²) in [4.78, 5) is 39.1. The van der Waals surface area contributed by atoms with Gasteiger partial charge in [-0.15, -0.1) is 0 Å². The molecule has 2 saturated carbocycles. The van der Waals surface area contributed by atoms with Crippen LogP contribution in [0.25, 0.3) is 0 Å². The molecular formula is C32H32O7. The molecule has 4 rings (SSSR count). The summed E-state index contributed by atoms with van der Waals surface area (Å²) >= 11 is 0. The zero-order valence-corrected chi connectivity index (χ0v) is 23.0. The lowest BCUT2D eigenvalue weighted by Crippen LogP contribution is -2.66. The molecule has 0 aromatic carbocycles. The maximum Gasteiger partial charge on any atom is 0.386 e. The maximum absolute atomic E-state index is 14.4. The highest BCUT2D eigenvalue weighted by atomic mass is 16.6. The minimum atomic E-state index is -2.23. The molecule has 7 heteroatoms. The van der Waals surface area contributed by atoms with E-state index in [1.165, 1.54) is 6.92 Å². The first-order valence-corrected chi connectivity index (χ1v) is 12.9. The third-order valence-corrected chi connectivity index (χ3v) is 8.99. The highest BCUT2D eigenvalue weighted by Crippen LogP contribution is 2.71. The first kappa shape index (κ1) is 28.3. The van der Waals surface area contributed by atoms with Crippen LogP contribution in [0.15, 0.2) is 23.3 Å². The van der Waals surface area contributed by atoms with E-state index in [9.17, 15) is 24.6 Å². The average molecular weight is 529 g/mol. The van der Waals surface area contributed by atoms with Gasteiger partial charge in [0.15, 0.2) is 17.5 Å². The van der Waals surface area contributed by atoms with Gasteiger partial charge in [-0.05, 0) is 84.5 Å². The zero-order chi connectivity index (χ0) is 28.8. The summed E-state index contributed by atoms with van der Waals surface area (Å²) in [5.41, 5.74) is -3.22. The molecule has 4 aliphatic rings. The number of rotatable bonds is 3. The van der Waals surface area contributed by atoms with Crippen molar-refractivity contribution in [2.45, 2.75) is 65.8 Å². The third-order valence-electron chi connectivity index (χ3n) is 8.99. The van der Waals surface area contributed by atoms with E-state index in [4.69, 9.17) is 9.47 Å². The van der Waals surface area contributed by atoms with Gasteiger partial charge in [-0.1, -0.05) is 38.8 Å².